The molecule has 2 rings (SSSR count). The van der Waals surface area contributed by atoms with Crippen molar-refractivity contribution in [2.45, 2.75) is 25.5 Å². The summed E-state index contributed by atoms with van der Waals surface area (Å²) >= 11 is 0. The Morgan fingerprint density at radius 3 is 2.81 bits per heavy atom. The second-order valence-electron chi connectivity index (χ2n) is 4.37. The highest BCUT2D eigenvalue weighted by Gasteiger charge is 2.28. The number of carbonyl (C=O) groups is 1. The maximum Gasteiger partial charge on any atom is 0.141 e. The van der Waals surface area contributed by atoms with E-state index >= 15 is 0 Å². The number of likely N-dealkylation sites (tertiary alicyclic amines) is 1. The Balaban J connectivity index is 2.23. The van der Waals surface area contributed by atoms with Gasteiger partial charge >= 0.3 is 0 Å². The molecular weight excluding hydrogens is 202 g/mol. The van der Waals surface area contributed by atoms with E-state index in [2.05, 4.69) is 0 Å². The highest BCUT2D eigenvalue weighted by molar-refractivity contribution is 5.62. The summed E-state index contributed by atoms with van der Waals surface area (Å²) in [6, 6.07) is 7.71. The molecule has 16 heavy (non-hydrogen) atoms. The van der Waals surface area contributed by atoms with Gasteiger partial charge in [0.1, 0.15) is 6.29 Å². The number of aliphatic hydroxyl groups excluding tert-OH is 1. The summed E-state index contributed by atoms with van der Waals surface area (Å²) in [4.78, 5) is 13.3. The molecule has 2 atom stereocenters. The first-order chi connectivity index (χ1) is 7.72. The topological polar surface area (TPSA) is 40.5 Å². The van der Waals surface area contributed by atoms with Crippen molar-refractivity contribution in [1.82, 2.24) is 4.90 Å². The second-order valence-corrected chi connectivity index (χ2v) is 4.37. The molecule has 0 amide bonds. The molecule has 0 aliphatic carbocycles. The minimum Gasteiger partial charge on any atom is -0.392 e. The average Bonchev–Trinajstić information content (AvgIpc) is 2.69. The summed E-state index contributed by atoms with van der Waals surface area (Å²) in [5.41, 5.74) is 2.17. The van der Waals surface area contributed by atoms with Crippen LogP contribution in [0.25, 0.3) is 0 Å². The molecule has 1 aliphatic rings. The number of nitrogens with zero attached hydrogens (tertiary/aromatic N) is 1. The molecule has 3 heteroatoms. The molecule has 1 fully saturated rings. The van der Waals surface area contributed by atoms with Gasteiger partial charge in [0, 0.05) is 13.1 Å². The number of aldehydes is 1. The van der Waals surface area contributed by atoms with Crippen molar-refractivity contribution in [3.05, 3.63) is 35.4 Å². The summed E-state index contributed by atoms with van der Waals surface area (Å²) in [7, 11) is 0. The van der Waals surface area contributed by atoms with E-state index in [1.54, 1.807) is 0 Å². The minimum atomic E-state index is -0.286. The Morgan fingerprint density at radius 1 is 1.50 bits per heavy atom. The summed E-state index contributed by atoms with van der Waals surface area (Å²) in [6.45, 7) is 3.40. The average molecular weight is 219 g/mol. The van der Waals surface area contributed by atoms with Gasteiger partial charge in [-0.1, -0.05) is 24.3 Å². The van der Waals surface area contributed by atoms with Crippen LogP contribution in [0.1, 0.15) is 23.6 Å². The molecule has 0 radical (unpaired) electrons. The highest BCUT2D eigenvalue weighted by atomic mass is 16.3. The van der Waals surface area contributed by atoms with Crippen LogP contribution in [0.5, 0.6) is 0 Å². The largest absolute Gasteiger partial charge is 0.392 e. The highest BCUT2D eigenvalue weighted by Crippen LogP contribution is 2.25. The second kappa shape index (κ2) is 4.76. The Bertz CT molecular complexity index is 378. The number of β-amino-alcohol motifs (C(OH)–C–C–N with tert-alkyl or cyclic N) is 1. The molecule has 86 valence electrons. The van der Waals surface area contributed by atoms with Gasteiger partial charge in [-0.05, 0) is 24.5 Å². The van der Waals surface area contributed by atoms with Crippen LogP contribution >= 0.6 is 0 Å². The van der Waals surface area contributed by atoms with Gasteiger partial charge < -0.3 is 9.90 Å². The fourth-order valence-corrected chi connectivity index (χ4v) is 2.30. The molecular formula is C13H17NO2. The molecule has 0 saturated carbocycles. The van der Waals surface area contributed by atoms with Gasteiger partial charge in [-0.3, -0.25) is 4.90 Å². The van der Waals surface area contributed by atoms with Gasteiger partial charge in [-0.25, -0.2) is 0 Å². The van der Waals surface area contributed by atoms with E-state index in [9.17, 15) is 9.90 Å². The Labute approximate surface area is 95.7 Å². The van der Waals surface area contributed by atoms with Crippen LogP contribution in [0.2, 0.25) is 0 Å². The van der Waals surface area contributed by atoms with Crippen molar-refractivity contribution in [3.63, 3.8) is 0 Å². The van der Waals surface area contributed by atoms with Crippen LogP contribution in [-0.2, 0) is 4.79 Å². The number of hydrogen-bond donors (Lipinski definition) is 1. The van der Waals surface area contributed by atoms with Crippen LogP contribution in [0.3, 0.4) is 0 Å². The first-order valence-corrected chi connectivity index (χ1v) is 5.65. The number of aliphatic hydroxyl groups is 1. The van der Waals surface area contributed by atoms with Crippen molar-refractivity contribution in [3.8, 4) is 0 Å². The third-order valence-electron chi connectivity index (χ3n) is 3.22. The zero-order chi connectivity index (χ0) is 11.5. The van der Waals surface area contributed by atoms with E-state index in [-0.39, 0.29) is 12.1 Å². The summed E-state index contributed by atoms with van der Waals surface area (Å²) in [6.07, 6.45) is 1.45. The number of aryl methyl sites for hydroxylation is 1. The van der Waals surface area contributed by atoms with Gasteiger partial charge in [0.2, 0.25) is 0 Å². The molecule has 0 aromatic heterocycles. The Hall–Kier alpha value is -1.19. The predicted molar refractivity (Wildman–Crippen MR) is 62.2 cm³/mol. The smallest absolute Gasteiger partial charge is 0.141 e. The van der Waals surface area contributed by atoms with Gasteiger partial charge in [0.05, 0.1) is 12.1 Å². The minimum absolute atomic E-state index is 0.210. The zero-order valence-corrected chi connectivity index (χ0v) is 9.47. The van der Waals surface area contributed by atoms with Crippen molar-refractivity contribution < 1.29 is 9.90 Å². The van der Waals surface area contributed by atoms with Gasteiger partial charge in [0.25, 0.3) is 0 Å². The predicted octanol–water partition coefficient (Wildman–Crippen LogP) is 1.30. The summed E-state index contributed by atoms with van der Waals surface area (Å²) in [5.74, 6) is 0. The van der Waals surface area contributed by atoms with E-state index in [4.69, 9.17) is 0 Å². The lowest BCUT2D eigenvalue weighted by Gasteiger charge is -2.24. The normalized spacial score (nSPS) is 23.2. The number of hydrogen-bond acceptors (Lipinski definition) is 3. The van der Waals surface area contributed by atoms with Gasteiger partial charge in [-0.2, -0.15) is 0 Å². The molecule has 1 N–H and O–H groups in total. The van der Waals surface area contributed by atoms with E-state index in [1.165, 1.54) is 0 Å². The molecule has 1 heterocycles. The van der Waals surface area contributed by atoms with Crippen molar-refractivity contribution >= 4 is 6.29 Å². The molecule has 2 unspecified atom stereocenters. The molecule has 3 nitrogen and oxygen atoms in total. The maximum atomic E-state index is 11.2. The van der Waals surface area contributed by atoms with E-state index in [0.717, 1.165) is 30.4 Å². The Morgan fingerprint density at radius 2 is 2.25 bits per heavy atom. The van der Waals surface area contributed by atoms with Crippen LogP contribution < -0.4 is 0 Å². The molecule has 1 aromatic carbocycles. The lowest BCUT2D eigenvalue weighted by molar-refractivity contribution is -0.112. The van der Waals surface area contributed by atoms with Gasteiger partial charge in [-0.15, -0.1) is 0 Å². The third kappa shape index (κ3) is 2.15. The number of rotatable bonds is 3. The molecule has 0 spiro atoms. The van der Waals surface area contributed by atoms with E-state index < -0.39 is 0 Å². The molecule has 1 aromatic rings. The van der Waals surface area contributed by atoms with Crippen LogP contribution in [0.4, 0.5) is 0 Å². The van der Waals surface area contributed by atoms with Crippen LogP contribution in [-0.4, -0.2) is 35.5 Å². The first kappa shape index (κ1) is 11.3. The lowest BCUT2D eigenvalue weighted by atomic mass is 10.0. The third-order valence-corrected chi connectivity index (χ3v) is 3.22. The van der Waals surface area contributed by atoms with Crippen LogP contribution in [0.15, 0.2) is 24.3 Å². The fourth-order valence-electron chi connectivity index (χ4n) is 2.30. The Kier molecular flexibility index (Phi) is 3.36. The van der Waals surface area contributed by atoms with Crippen molar-refractivity contribution in [2.24, 2.45) is 0 Å². The van der Waals surface area contributed by atoms with Crippen LogP contribution in [0, 0.1) is 6.92 Å². The van der Waals surface area contributed by atoms with E-state index in [1.807, 2.05) is 36.1 Å². The number of carbonyl (C=O) groups excluding carboxylic acids is 1. The fraction of sp³-hybridized carbons (Fsp3) is 0.462. The quantitative estimate of drug-likeness (QED) is 0.779. The maximum absolute atomic E-state index is 11.2. The van der Waals surface area contributed by atoms with Gasteiger partial charge in [0.15, 0.2) is 0 Å². The number of benzene rings is 1. The van der Waals surface area contributed by atoms with Crippen molar-refractivity contribution in [1.29, 1.82) is 0 Å². The molecule has 0 bridgehead atoms. The summed E-state index contributed by atoms with van der Waals surface area (Å²) in [5, 5.41) is 9.50. The first-order valence-electron chi connectivity index (χ1n) is 5.65. The monoisotopic (exact) mass is 219 g/mol. The lowest BCUT2D eigenvalue weighted by Crippen LogP contribution is -2.29. The summed E-state index contributed by atoms with van der Waals surface area (Å²) < 4.78 is 0. The SMILES string of the molecule is Cc1ccccc1C(C=O)N1CCC(O)C1. The van der Waals surface area contributed by atoms with E-state index in [0.29, 0.717) is 6.54 Å². The molecule has 1 saturated heterocycles. The van der Waals surface area contributed by atoms with Crippen molar-refractivity contribution in [2.75, 3.05) is 13.1 Å². The zero-order valence-electron chi connectivity index (χ0n) is 9.47. The molecule has 1 aliphatic heterocycles. The standard InChI is InChI=1S/C13H17NO2/c1-10-4-2-3-5-12(10)13(9-15)14-7-6-11(16)8-14/h2-5,9,11,13,16H,6-8H2,1H3.